The second kappa shape index (κ2) is 8.77. The summed E-state index contributed by atoms with van der Waals surface area (Å²) in [6, 6.07) is 5.11. The molecule has 1 rings (SSSR count). The predicted molar refractivity (Wildman–Crippen MR) is 85.0 cm³/mol. The number of anilines is 1. The van der Waals surface area contributed by atoms with Gasteiger partial charge in [0.1, 0.15) is 11.8 Å². The highest BCUT2D eigenvalue weighted by Gasteiger charge is 2.25. The Balaban J connectivity index is 2.45. The lowest BCUT2D eigenvalue weighted by atomic mass is 9.99. The summed E-state index contributed by atoms with van der Waals surface area (Å²) in [5, 5.41) is 23.4. The van der Waals surface area contributed by atoms with Gasteiger partial charge in [-0.05, 0) is 18.1 Å². The van der Waals surface area contributed by atoms with E-state index in [1.54, 1.807) is 19.1 Å². The molecule has 0 aromatic heterocycles. The van der Waals surface area contributed by atoms with Gasteiger partial charge in [0.15, 0.2) is 0 Å². The quantitative estimate of drug-likeness (QED) is 0.581. The first-order chi connectivity index (χ1) is 10.8. The Labute approximate surface area is 134 Å². The van der Waals surface area contributed by atoms with Gasteiger partial charge in [-0.25, -0.2) is 4.79 Å². The van der Waals surface area contributed by atoms with E-state index in [1.165, 1.54) is 12.1 Å². The zero-order chi connectivity index (χ0) is 17.4. The third-order valence-corrected chi connectivity index (χ3v) is 3.50. The maximum absolute atomic E-state index is 11.8. The highest BCUT2D eigenvalue weighted by molar-refractivity contribution is 5.94. The Bertz CT molecular complexity index is 573. The monoisotopic (exact) mass is 322 g/mol. The van der Waals surface area contributed by atoms with Crippen LogP contribution in [-0.4, -0.2) is 34.0 Å². The number of rotatable bonds is 8. The summed E-state index contributed by atoms with van der Waals surface area (Å²) < 4.78 is 0. The van der Waals surface area contributed by atoms with Crippen molar-refractivity contribution in [1.82, 2.24) is 5.32 Å². The highest BCUT2D eigenvalue weighted by atomic mass is 16.4. The van der Waals surface area contributed by atoms with Crippen molar-refractivity contribution >= 4 is 23.5 Å². The molecule has 0 saturated heterocycles. The molecule has 2 atom stereocenters. The summed E-state index contributed by atoms with van der Waals surface area (Å²) in [4.78, 5) is 34.7. The molecule has 0 saturated carbocycles. The maximum Gasteiger partial charge on any atom is 0.326 e. The zero-order valence-corrected chi connectivity index (χ0v) is 13.2. The molecule has 7 heteroatoms. The van der Waals surface area contributed by atoms with Crippen LogP contribution in [0.2, 0.25) is 0 Å². The first-order valence-corrected chi connectivity index (χ1v) is 7.44. The lowest BCUT2D eigenvalue weighted by Gasteiger charge is -2.20. The fourth-order valence-electron chi connectivity index (χ4n) is 1.96. The molecule has 0 bridgehead atoms. The van der Waals surface area contributed by atoms with E-state index in [2.05, 4.69) is 10.6 Å². The molecule has 0 fully saturated rings. The topological polar surface area (TPSA) is 116 Å². The Morgan fingerprint density at radius 3 is 2.39 bits per heavy atom. The summed E-state index contributed by atoms with van der Waals surface area (Å²) in [5.41, 5.74) is 0.429. The number of nitrogens with one attached hydrogen (secondary N) is 2. The lowest BCUT2D eigenvalue weighted by Crippen LogP contribution is -2.45. The fourth-order valence-corrected chi connectivity index (χ4v) is 1.96. The predicted octanol–water partition coefficient (Wildman–Crippen LogP) is 1.73. The van der Waals surface area contributed by atoms with Gasteiger partial charge in [0.25, 0.3) is 0 Å². The van der Waals surface area contributed by atoms with Crippen LogP contribution in [0.1, 0.15) is 33.1 Å². The van der Waals surface area contributed by atoms with E-state index in [0.29, 0.717) is 12.1 Å². The number of hydrogen-bond acceptors (Lipinski definition) is 4. The summed E-state index contributed by atoms with van der Waals surface area (Å²) in [6.45, 7) is 3.59. The van der Waals surface area contributed by atoms with Gasteiger partial charge in [0.2, 0.25) is 11.8 Å². The first kappa shape index (κ1) is 18.5. The minimum atomic E-state index is -1.09. The average Bonchev–Trinajstić information content (AvgIpc) is 2.49. The standard InChI is InChI=1S/C16H22N2O5/c1-3-10(2)15(16(22)23)18-14(21)8-7-13(20)17-11-5-4-6-12(19)9-11/h4-6,9-10,15,19H,3,7-8H2,1-2H3,(H,17,20)(H,18,21)(H,22,23). The van der Waals surface area contributed by atoms with Crippen molar-refractivity contribution in [3.05, 3.63) is 24.3 Å². The summed E-state index contributed by atoms with van der Waals surface area (Å²) in [7, 11) is 0. The number of aliphatic carboxylic acids is 1. The van der Waals surface area contributed by atoms with E-state index in [0.717, 1.165) is 0 Å². The molecule has 1 aromatic carbocycles. The smallest absolute Gasteiger partial charge is 0.326 e. The number of aromatic hydroxyl groups is 1. The molecule has 7 nitrogen and oxygen atoms in total. The van der Waals surface area contributed by atoms with Gasteiger partial charge < -0.3 is 20.8 Å². The Kier molecular flexibility index (Phi) is 7.05. The number of benzene rings is 1. The van der Waals surface area contributed by atoms with E-state index >= 15 is 0 Å². The van der Waals surface area contributed by atoms with E-state index < -0.39 is 17.9 Å². The van der Waals surface area contributed by atoms with Gasteiger partial charge in [0, 0.05) is 24.6 Å². The van der Waals surface area contributed by atoms with Gasteiger partial charge in [-0.3, -0.25) is 9.59 Å². The molecule has 0 aliphatic heterocycles. The SMILES string of the molecule is CCC(C)C(NC(=O)CCC(=O)Nc1cccc(O)c1)C(=O)O. The minimum Gasteiger partial charge on any atom is -0.508 e. The summed E-state index contributed by atoms with van der Waals surface area (Å²) in [5.74, 6) is -2.13. The molecule has 126 valence electrons. The Morgan fingerprint density at radius 1 is 1.17 bits per heavy atom. The number of amides is 2. The second-order valence-corrected chi connectivity index (χ2v) is 5.37. The second-order valence-electron chi connectivity index (χ2n) is 5.37. The first-order valence-electron chi connectivity index (χ1n) is 7.44. The molecule has 23 heavy (non-hydrogen) atoms. The van der Waals surface area contributed by atoms with Crippen LogP contribution in [0.3, 0.4) is 0 Å². The van der Waals surface area contributed by atoms with Crippen LogP contribution < -0.4 is 10.6 Å². The largest absolute Gasteiger partial charge is 0.508 e. The Hall–Kier alpha value is -2.57. The molecule has 0 radical (unpaired) electrons. The van der Waals surface area contributed by atoms with Gasteiger partial charge in [-0.1, -0.05) is 26.3 Å². The van der Waals surface area contributed by atoms with Crippen molar-refractivity contribution in [1.29, 1.82) is 0 Å². The van der Waals surface area contributed by atoms with Crippen LogP contribution in [0.25, 0.3) is 0 Å². The van der Waals surface area contributed by atoms with E-state index in [-0.39, 0.29) is 30.4 Å². The number of carbonyl (C=O) groups excluding carboxylic acids is 2. The third-order valence-electron chi connectivity index (χ3n) is 3.50. The van der Waals surface area contributed by atoms with E-state index in [1.807, 2.05) is 6.92 Å². The molecular formula is C16H22N2O5. The molecule has 4 N–H and O–H groups in total. The summed E-state index contributed by atoms with van der Waals surface area (Å²) >= 11 is 0. The van der Waals surface area contributed by atoms with Gasteiger partial charge in [0.05, 0.1) is 0 Å². The highest BCUT2D eigenvalue weighted by Crippen LogP contribution is 2.15. The molecule has 2 amide bonds. The van der Waals surface area contributed by atoms with Gasteiger partial charge in [-0.2, -0.15) is 0 Å². The Morgan fingerprint density at radius 2 is 1.83 bits per heavy atom. The summed E-state index contributed by atoms with van der Waals surface area (Å²) in [6.07, 6.45) is 0.439. The number of carboxylic acids is 1. The number of carboxylic acid groups (broad SMARTS) is 1. The van der Waals surface area contributed by atoms with Crippen LogP contribution in [0.5, 0.6) is 5.75 Å². The maximum atomic E-state index is 11.8. The van der Waals surface area contributed by atoms with Gasteiger partial charge in [-0.15, -0.1) is 0 Å². The number of hydrogen-bond donors (Lipinski definition) is 4. The van der Waals surface area contributed by atoms with Crippen LogP contribution >= 0.6 is 0 Å². The lowest BCUT2D eigenvalue weighted by molar-refractivity contribution is -0.143. The van der Waals surface area contributed by atoms with Gasteiger partial charge >= 0.3 is 5.97 Å². The molecule has 0 aliphatic rings. The van der Waals surface area contributed by atoms with Crippen molar-refractivity contribution in [2.24, 2.45) is 5.92 Å². The van der Waals surface area contributed by atoms with Crippen molar-refractivity contribution in [2.75, 3.05) is 5.32 Å². The van der Waals surface area contributed by atoms with Crippen LogP contribution in [-0.2, 0) is 14.4 Å². The average molecular weight is 322 g/mol. The molecule has 2 unspecified atom stereocenters. The van der Waals surface area contributed by atoms with Crippen molar-refractivity contribution in [3.63, 3.8) is 0 Å². The fraction of sp³-hybridized carbons (Fsp3) is 0.438. The molecule has 0 aliphatic carbocycles. The molecular weight excluding hydrogens is 300 g/mol. The third kappa shape index (κ3) is 6.37. The normalized spacial score (nSPS) is 13.0. The van der Waals surface area contributed by atoms with E-state index in [4.69, 9.17) is 5.11 Å². The van der Waals surface area contributed by atoms with Crippen molar-refractivity contribution in [2.45, 2.75) is 39.2 Å². The van der Waals surface area contributed by atoms with Crippen LogP contribution in [0, 0.1) is 5.92 Å². The number of phenols is 1. The molecule has 1 aromatic rings. The van der Waals surface area contributed by atoms with Crippen LogP contribution in [0.4, 0.5) is 5.69 Å². The van der Waals surface area contributed by atoms with Crippen molar-refractivity contribution in [3.8, 4) is 5.75 Å². The number of carbonyl (C=O) groups is 3. The molecule has 0 heterocycles. The molecule has 0 spiro atoms. The van der Waals surface area contributed by atoms with E-state index in [9.17, 15) is 19.5 Å². The number of phenolic OH excluding ortho intramolecular Hbond substituents is 1. The minimum absolute atomic E-state index is 0.0263. The van der Waals surface area contributed by atoms with Crippen molar-refractivity contribution < 1.29 is 24.6 Å². The van der Waals surface area contributed by atoms with Crippen LogP contribution in [0.15, 0.2) is 24.3 Å². The zero-order valence-electron chi connectivity index (χ0n) is 13.2.